The zero-order chi connectivity index (χ0) is 23.7. The highest BCUT2D eigenvalue weighted by Gasteiger charge is 2.48. The van der Waals surface area contributed by atoms with Crippen LogP contribution in [0.4, 0.5) is 5.13 Å². The third-order valence-corrected chi connectivity index (χ3v) is 6.59. The van der Waals surface area contributed by atoms with E-state index in [0.717, 1.165) is 16.6 Å². The molecule has 0 bridgehead atoms. The molecule has 0 spiro atoms. The van der Waals surface area contributed by atoms with Crippen molar-refractivity contribution in [2.75, 3.05) is 11.5 Å². The number of anilines is 1. The lowest BCUT2D eigenvalue weighted by molar-refractivity contribution is -0.132. The van der Waals surface area contributed by atoms with Crippen molar-refractivity contribution >= 4 is 44.1 Å². The molecule has 0 radical (unpaired) electrons. The molecule has 1 aliphatic rings. The molecular formula is C26H21N3O4S. The molecule has 1 saturated heterocycles. The molecule has 2 aromatic carbocycles. The minimum absolute atomic E-state index is 0.0117. The zero-order valence-corrected chi connectivity index (χ0v) is 19.2. The third-order valence-electron chi connectivity index (χ3n) is 5.56. The van der Waals surface area contributed by atoms with Gasteiger partial charge in [0.2, 0.25) is 0 Å². The number of fused-ring (bicyclic) bond motifs is 1. The zero-order valence-electron chi connectivity index (χ0n) is 18.3. The van der Waals surface area contributed by atoms with Gasteiger partial charge in [0, 0.05) is 18.0 Å². The predicted octanol–water partition coefficient (Wildman–Crippen LogP) is 5.11. The van der Waals surface area contributed by atoms with E-state index in [-0.39, 0.29) is 11.3 Å². The van der Waals surface area contributed by atoms with E-state index in [0.29, 0.717) is 28.6 Å². The second-order valence-electron chi connectivity index (χ2n) is 7.79. The van der Waals surface area contributed by atoms with Gasteiger partial charge in [-0.05, 0) is 60.5 Å². The number of aromatic nitrogens is 2. The summed E-state index contributed by atoms with van der Waals surface area (Å²) in [6.07, 6.45) is 4.06. The first-order chi connectivity index (χ1) is 16.6. The molecule has 3 heterocycles. The van der Waals surface area contributed by atoms with Crippen LogP contribution in [-0.2, 0) is 9.59 Å². The average Bonchev–Trinajstić information content (AvgIpc) is 3.41. The lowest BCUT2D eigenvalue weighted by atomic mass is 9.96. The van der Waals surface area contributed by atoms with Crippen LogP contribution in [0.2, 0.25) is 0 Å². The molecule has 1 N–H and O–H groups in total. The summed E-state index contributed by atoms with van der Waals surface area (Å²) in [6.45, 7) is 2.60. The summed E-state index contributed by atoms with van der Waals surface area (Å²) in [5.41, 5.74) is 1.82. The molecule has 2 aromatic heterocycles. The second-order valence-corrected chi connectivity index (χ2v) is 8.80. The van der Waals surface area contributed by atoms with Gasteiger partial charge in [-0.3, -0.25) is 19.5 Å². The number of aliphatic hydroxyl groups excluding tert-OH is 1. The molecule has 1 atom stereocenters. The fourth-order valence-electron chi connectivity index (χ4n) is 3.94. The third kappa shape index (κ3) is 3.82. The number of amides is 1. The number of hydrogen-bond acceptors (Lipinski definition) is 7. The van der Waals surface area contributed by atoms with E-state index in [4.69, 9.17) is 4.74 Å². The monoisotopic (exact) mass is 471 g/mol. The van der Waals surface area contributed by atoms with E-state index in [1.54, 1.807) is 48.8 Å². The Balaban J connectivity index is 1.63. The van der Waals surface area contributed by atoms with Crippen LogP contribution in [0.1, 0.15) is 30.5 Å². The summed E-state index contributed by atoms with van der Waals surface area (Å²) in [5.74, 6) is -1.07. The number of pyridine rings is 1. The number of para-hydroxylation sites is 1. The summed E-state index contributed by atoms with van der Waals surface area (Å²) in [6, 6.07) is 17.0. The maximum absolute atomic E-state index is 13.2. The Bertz CT molecular complexity index is 1360. The molecule has 1 aliphatic heterocycles. The molecule has 5 rings (SSSR count). The van der Waals surface area contributed by atoms with Crippen LogP contribution in [0.15, 0.2) is 78.6 Å². The Labute approximate surface area is 200 Å². The number of Topliss-reactive ketones (excluding diaryl/α,β-unsaturated/α-hetero) is 1. The van der Waals surface area contributed by atoms with Crippen molar-refractivity contribution in [1.82, 2.24) is 9.97 Å². The van der Waals surface area contributed by atoms with Gasteiger partial charge in [-0.15, -0.1) is 0 Å². The lowest BCUT2D eigenvalue weighted by Gasteiger charge is -2.22. The smallest absolute Gasteiger partial charge is 0.301 e. The highest BCUT2D eigenvalue weighted by molar-refractivity contribution is 7.22. The van der Waals surface area contributed by atoms with Crippen molar-refractivity contribution in [3.05, 3.63) is 89.8 Å². The van der Waals surface area contributed by atoms with Crippen molar-refractivity contribution < 1.29 is 19.4 Å². The maximum atomic E-state index is 13.2. The van der Waals surface area contributed by atoms with Gasteiger partial charge in [0.15, 0.2) is 5.13 Å². The topological polar surface area (TPSA) is 92.6 Å². The van der Waals surface area contributed by atoms with Gasteiger partial charge < -0.3 is 9.84 Å². The fourth-order valence-corrected chi connectivity index (χ4v) is 4.93. The van der Waals surface area contributed by atoms with Crippen LogP contribution in [0.5, 0.6) is 5.75 Å². The van der Waals surface area contributed by atoms with Gasteiger partial charge in [-0.2, -0.15) is 0 Å². The molecule has 0 saturated carbocycles. The van der Waals surface area contributed by atoms with E-state index >= 15 is 0 Å². The number of benzene rings is 2. The minimum atomic E-state index is -0.834. The highest BCUT2D eigenvalue weighted by atomic mass is 32.1. The number of thiazole rings is 1. The number of ether oxygens (including phenoxy) is 1. The van der Waals surface area contributed by atoms with Gasteiger partial charge >= 0.3 is 5.91 Å². The van der Waals surface area contributed by atoms with Gasteiger partial charge in [0.1, 0.15) is 11.5 Å². The van der Waals surface area contributed by atoms with Gasteiger partial charge in [0.05, 0.1) is 28.4 Å². The normalized spacial score (nSPS) is 17.4. The summed E-state index contributed by atoms with van der Waals surface area (Å²) >= 11 is 1.32. The number of carbonyl (C=O) groups excluding carboxylic acids is 2. The second kappa shape index (κ2) is 9.07. The maximum Gasteiger partial charge on any atom is 0.301 e. The van der Waals surface area contributed by atoms with Crippen LogP contribution in [0, 0.1) is 0 Å². The van der Waals surface area contributed by atoms with Crippen LogP contribution in [0.3, 0.4) is 0 Å². The number of rotatable bonds is 6. The van der Waals surface area contributed by atoms with Gasteiger partial charge in [-0.1, -0.05) is 30.4 Å². The van der Waals surface area contributed by atoms with Crippen molar-refractivity contribution in [2.45, 2.75) is 19.4 Å². The summed E-state index contributed by atoms with van der Waals surface area (Å²) in [4.78, 5) is 36.5. The van der Waals surface area contributed by atoms with Crippen molar-refractivity contribution in [1.29, 1.82) is 0 Å². The van der Waals surface area contributed by atoms with Gasteiger partial charge in [-0.25, -0.2) is 4.98 Å². The Hall–Kier alpha value is -4.04. The molecule has 1 amide bonds. The van der Waals surface area contributed by atoms with E-state index in [1.165, 1.54) is 16.2 Å². The molecule has 170 valence electrons. The molecular weight excluding hydrogens is 450 g/mol. The van der Waals surface area contributed by atoms with E-state index in [2.05, 4.69) is 9.97 Å². The Morgan fingerprint density at radius 2 is 1.79 bits per heavy atom. The fraction of sp³-hybridized carbons (Fsp3) is 0.154. The van der Waals surface area contributed by atoms with Crippen molar-refractivity contribution in [3.8, 4) is 5.75 Å². The number of carbonyl (C=O) groups is 2. The molecule has 7 nitrogen and oxygen atoms in total. The van der Waals surface area contributed by atoms with Crippen LogP contribution in [0.25, 0.3) is 16.0 Å². The largest absolute Gasteiger partial charge is 0.507 e. The number of hydrogen-bond donors (Lipinski definition) is 1. The lowest BCUT2D eigenvalue weighted by Crippen LogP contribution is -2.29. The molecule has 34 heavy (non-hydrogen) atoms. The molecule has 1 fully saturated rings. The van der Waals surface area contributed by atoms with Crippen molar-refractivity contribution in [3.63, 3.8) is 0 Å². The standard InChI is InChI=1S/C26H21N3O4S/c1-2-15-33-18-9-7-17(8-10-18)23(30)21-22(16-11-13-27-14-12-16)29(25(32)24(21)31)26-28-19-5-3-4-6-20(19)34-26/h3-14,22,30H,2,15H2,1H3/b23-21+. The van der Waals surface area contributed by atoms with Crippen LogP contribution in [-0.4, -0.2) is 33.4 Å². The number of aliphatic hydroxyl groups is 1. The summed E-state index contributed by atoms with van der Waals surface area (Å²) in [7, 11) is 0. The first-order valence-corrected chi connectivity index (χ1v) is 11.7. The van der Waals surface area contributed by atoms with Crippen LogP contribution < -0.4 is 9.64 Å². The first-order valence-electron chi connectivity index (χ1n) is 10.9. The van der Waals surface area contributed by atoms with Gasteiger partial charge in [0.25, 0.3) is 5.78 Å². The summed E-state index contributed by atoms with van der Waals surface area (Å²) in [5, 5.41) is 11.6. The molecule has 8 heteroatoms. The van der Waals surface area contributed by atoms with Crippen LogP contribution >= 0.6 is 11.3 Å². The van der Waals surface area contributed by atoms with Crippen molar-refractivity contribution in [2.24, 2.45) is 0 Å². The SMILES string of the molecule is CCCOc1ccc(/C(O)=C2\C(=O)C(=O)N(c3nc4ccccc4s3)C2c2ccncc2)cc1. The highest BCUT2D eigenvalue weighted by Crippen LogP contribution is 2.44. The predicted molar refractivity (Wildman–Crippen MR) is 131 cm³/mol. The van der Waals surface area contributed by atoms with E-state index < -0.39 is 17.7 Å². The number of ketones is 1. The quantitative estimate of drug-likeness (QED) is 0.239. The molecule has 1 unspecified atom stereocenters. The Kier molecular flexibility index (Phi) is 5.81. The Morgan fingerprint density at radius 3 is 2.50 bits per heavy atom. The van der Waals surface area contributed by atoms with E-state index in [1.807, 2.05) is 31.2 Å². The van der Waals surface area contributed by atoms with E-state index in [9.17, 15) is 14.7 Å². The number of nitrogens with zero attached hydrogens (tertiary/aromatic N) is 3. The Morgan fingerprint density at radius 1 is 1.06 bits per heavy atom. The first kappa shape index (κ1) is 21.8. The molecule has 0 aliphatic carbocycles. The summed E-state index contributed by atoms with van der Waals surface area (Å²) < 4.78 is 6.51. The average molecular weight is 472 g/mol. The molecule has 4 aromatic rings. The minimum Gasteiger partial charge on any atom is -0.507 e.